The van der Waals surface area contributed by atoms with Crippen LogP contribution in [0.2, 0.25) is 0 Å². The average molecular weight is 278 g/mol. The first-order valence-corrected chi connectivity index (χ1v) is 7.47. The molecule has 0 radical (unpaired) electrons. The summed E-state index contributed by atoms with van der Waals surface area (Å²) in [5.74, 6) is 7.92. The van der Waals surface area contributed by atoms with Crippen molar-refractivity contribution in [2.24, 2.45) is 5.84 Å². The van der Waals surface area contributed by atoms with Crippen molar-refractivity contribution in [3.63, 3.8) is 0 Å². The number of likely N-dealkylation sites (tertiary alicyclic amines) is 1. The van der Waals surface area contributed by atoms with Gasteiger partial charge in [0.25, 0.3) is 0 Å². The number of rotatable bonds is 6. The zero-order valence-corrected chi connectivity index (χ0v) is 12.7. The summed E-state index contributed by atoms with van der Waals surface area (Å²) in [6.45, 7) is 9.70. The van der Waals surface area contributed by atoms with Crippen molar-refractivity contribution < 1.29 is 0 Å². The molecule has 0 spiro atoms. The molecule has 4 N–H and O–H groups in total. The molecule has 0 amide bonds. The SMILES string of the molecule is CCc1nc(NN)c(C)c(NC(C)CN2CCCC2)n1. The quantitative estimate of drug-likeness (QED) is 0.541. The van der Waals surface area contributed by atoms with Crippen LogP contribution in [-0.4, -0.2) is 40.5 Å². The molecule has 1 atom stereocenters. The molecular weight excluding hydrogens is 252 g/mol. The lowest BCUT2D eigenvalue weighted by molar-refractivity contribution is 0.327. The Morgan fingerprint density at radius 3 is 2.50 bits per heavy atom. The number of nitrogens with two attached hydrogens (primary N) is 1. The van der Waals surface area contributed by atoms with Gasteiger partial charge >= 0.3 is 0 Å². The monoisotopic (exact) mass is 278 g/mol. The lowest BCUT2D eigenvalue weighted by atomic mass is 10.2. The van der Waals surface area contributed by atoms with Gasteiger partial charge in [-0.2, -0.15) is 0 Å². The maximum atomic E-state index is 5.53. The summed E-state index contributed by atoms with van der Waals surface area (Å²) in [6, 6.07) is 0.358. The summed E-state index contributed by atoms with van der Waals surface area (Å²) in [7, 11) is 0. The van der Waals surface area contributed by atoms with Gasteiger partial charge in [0.1, 0.15) is 17.5 Å². The molecule has 6 nitrogen and oxygen atoms in total. The molecule has 6 heteroatoms. The van der Waals surface area contributed by atoms with Crippen molar-refractivity contribution in [3.05, 3.63) is 11.4 Å². The molecule has 1 unspecified atom stereocenters. The molecule has 1 aromatic heterocycles. The predicted molar refractivity (Wildman–Crippen MR) is 82.7 cm³/mol. The molecular formula is C14H26N6. The zero-order chi connectivity index (χ0) is 14.5. The molecule has 0 aliphatic carbocycles. The van der Waals surface area contributed by atoms with Crippen LogP contribution in [0.5, 0.6) is 0 Å². The van der Waals surface area contributed by atoms with Gasteiger partial charge in [-0.3, -0.25) is 0 Å². The van der Waals surface area contributed by atoms with Crippen LogP contribution in [0, 0.1) is 6.92 Å². The number of nitrogens with zero attached hydrogens (tertiary/aromatic N) is 3. The third-order valence-electron chi connectivity index (χ3n) is 3.76. The van der Waals surface area contributed by atoms with Gasteiger partial charge in [-0.25, -0.2) is 15.8 Å². The Morgan fingerprint density at radius 1 is 1.25 bits per heavy atom. The van der Waals surface area contributed by atoms with Gasteiger partial charge < -0.3 is 15.6 Å². The fourth-order valence-corrected chi connectivity index (χ4v) is 2.63. The van der Waals surface area contributed by atoms with E-state index in [2.05, 4.69) is 32.5 Å². The number of hydrazine groups is 1. The number of hydrogen-bond acceptors (Lipinski definition) is 6. The summed E-state index contributed by atoms with van der Waals surface area (Å²) in [6.07, 6.45) is 3.44. The van der Waals surface area contributed by atoms with Gasteiger partial charge in [0.15, 0.2) is 0 Å². The Labute approximate surface area is 121 Å². The molecule has 20 heavy (non-hydrogen) atoms. The van der Waals surface area contributed by atoms with E-state index < -0.39 is 0 Å². The van der Waals surface area contributed by atoms with Crippen LogP contribution in [-0.2, 0) is 6.42 Å². The van der Waals surface area contributed by atoms with Crippen molar-refractivity contribution in [2.75, 3.05) is 30.4 Å². The fraction of sp³-hybridized carbons (Fsp3) is 0.714. The lowest BCUT2D eigenvalue weighted by Crippen LogP contribution is -2.33. The van der Waals surface area contributed by atoms with Crippen LogP contribution < -0.4 is 16.6 Å². The Bertz CT molecular complexity index is 442. The number of aromatic nitrogens is 2. The largest absolute Gasteiger partial charge is 0.366 e. The number of nitrogens with one attached hydrogen (secondary N) is 2. The maximum absolute atomic E-state index is 5.53. The van der Waals surface area contributed by atoms with Crippen LogP contribution >= 0.6 is 0 Å². The first kappa shape index (κ1) is 15.0. The molecule has 112 valence electrons. The first-order chi connectivity index (χ1) is 9.63. The standard InChI is InChI=1S/C14H26N6/c1-4-12-17-13(11(3)14(18-12)19-15)16-10(2)9-20-7-5-6-8-20/h10H,4-9,15H2,1-3H3,(H2,16,17,18,19). The Kier molecular flexibility index (Phi) is 5.14. The van der Waals surface area contributed by atoms with Crippen molar-refractivity contribution >= 4 is 11.6 Å². The van der Waals surface area contributed by atoms with Gasteiger partial charge in [-0.05, 0) is 39.8 Å². The summed E-state index contributed by atoms with van der Waals surface area (Å²) < 4.78 is 0. The molecule has 1 fully saturated rings. The number of nitrogen functional groups attached to an aromatic ring is 1. The molecule has 1 aromatic rings. The Morgan fingerprint density at radius 2 is 1.90 bits per heavy atom. The van der Waals surface area contributed by atoms with E-state index in [-0.39, 0.29) is 0 Å². The Balaban J connectivity index is 2.06. The molecule has 1 saturated heterocycles. The van der Waals surface area contributed by atoms with Gasteiger partial charge in [-0.15, -0.1) is 0 Å². The molecule has 0 bridgehead atoms. The molecule has 1 aliphatic rings. The van der Waals surface area contributed by atoms with Crippen molar-refractivity contribution in [1.82, 2.24) is 14.9 Å². The molecule has 2 rings (SSSR count). The van der Waals surface area contributed by atoms with E-state index in [0.717, 1.165) is 30.2 Å². The number of aryl methyl sites for hydroxylation is 1. The third kappa shape index (κ3) is 3.58. The fourth-order valence-electron chi connectivity index (χ4n) is 2.63. The number of hydrogen-bond donors (Lipinski definition) is 3. The van der Waals surface area contributed by atoms with Gasteiger partial charge in [-0.1, -0.05) is 6.92 Å². The average Bonchev–Trinajstić information content (AvgIpc) is 2.93. The van der Waals surface area contributed by atoms with E-state index in [1.807, 2.05) is 13.8 Å². The molecule has 0 aromatic carbocycles. The minimum Gasteiger partial charge on any atom is -0.366 e. The van der Waals surface area contributed by atoms with Crippen molar-refractivity contribution in [1.29, 1.82) is 0 Å². The summed E-state index contributed by atoms with van der Waals surface area (Å²) in [4.78, 5) is 11.5. The highest BCUT2D eigenvalue weighted by atomic mass is 15.3. The topological polar surface area (TPSA) is 79.1 Å². The van der Waals surface area contributed by atoms with Crippen LogP contribution in [0.15, 0.2) is 0 Å². The normalized spacial score (nSPS) is 17.2. The number of anilines is 2. The van der Waals surface area contributed by atoms with Crippen LogP contribution in [0.25, 0.3) is 0 Å². The smallest absolute Gasteiger partial charge is 0.148 e. The van der Waals surface area contributed by atoms with Crippen LogP contribution in [0.4, 0.5) is 11.6 Å². The maximum Gasteiger partial charge on any atom is 0.148 e. The van der Waals surface area contributed by atoms with Gasteiger partial charge in [0.05, 0.1) is 0 Å². The van der Waals surface area contributed by atoms with E-state index in [9.17, 15) is 0 Å². The minimum absolute atomic E-state index is 0.358. The zero-order valence-electron chi connectivity index (χ0n) is 12.7. The van der Waals surface area contributed by atoms with E-state index in [0.29, 0.717) is 11.9 Å². The second kappa shape index (κ2) is 6.85. The summed E-state index contributed by atoms with van der Waals surface area (Å²) in [5, 5.41) is 3.50. The van der Waals surface area contributed by atoms with Gasteiger partial charge in [0, 0.05) is 24.6 Å². The molecule has 1 aliphatic heterocycles. The van der Waals surface area contributed by atoms with Crippen molar-refractivity contribution in [2.45, 2.75) is 46.1 Å². The van der Waals surface area contributed by atoms with Crippen LogP contribution in [0.1, 0.15) is 38.1 Å². The molecule has 0 saturated carbocycles. The highest BCUT2D eigenvalue weighted by Gasteiger charge is 2.16. The second-order valence-electron chi connectivity index (χ2n) is 5.51. The van der Waals surface area contributed by atoms with E-state index in [1.165, 1.54) is 25.9 Å². The van der Waals surface area contributed by atoms with E-state index in [1.54, 1.807) is 0 Å². The highest BCUT2D eigenvalue weighted by molar-refractivity contribution is 5.57. The highest BCUT2D eigenvalue weighted by Crippen LogP contribution is 2.20. The summed E-state index contributed by atoms with van der Waals surface area (Å²) in [5.41, 5.74) is 3.63. The third-order valence-corrected chi connectivity index (χ3v) is 3.76. The van der Waals surface area contributed by atoms with Crippen molar-refractivity contribution in [3.8, 4) is 0 Å². The van der Waals surface area contributed by atoms with E-state index >= 15 is 0 Å². The lowest BCUT2D eigenvalue weighted by Gasteiger charge is -2.23. The minimum atomic E-state index is 0.358. The second-order valence-corrected chi connectivity index (χ2v) is 5.51. The molecule has 2 heterocycles. The summed E-state index contributed by atoms with van der Waals surface area (Å²) >= 11 is 0. The van der Waals surface area contributed by atoms with E-state index in [4.69, 9.17) is 5.84 Å². The Hall–Kier alpha value is -1.40. The van der Waals surface area contributed by atoms with Crippen LogP contribution in [0.3, 0.4) is 0 Å². The van der Waals surface area contributed by atoms with Gasteiger partial charge in [0.2, 0.25) is 0 Å². The predicted octanol–water partition coefficient (Wildman–Crippen LogP) is 1.53. The first-order valence-electron chi connectivity index (χ1n) is 7.47.